The van der Waals surface area contributed by atoms with Gasteiger partial charge in [0, 0.05) is 6.42 Å². The number of carbonyl (C=O) groups is 1. The Morgan fingerprint density at radius 3 is 1.32 bits per heavy atom. The first-order valence-electron chi connectivity index (χ1n) is 12.0. The highest BCUT2D eigenvalue weighted by molar-refractivity contribution is 5.68. The molecule has 0 rings (SSSR count). The number of hydrogen-bond donors (Lipinski definition) is 0. The SMILES string of the molecule is CCCCCCCCCCCCCCCCCCCC(=O)OOOC(C)(C)C. The van der Waals surface area contributed by atoms with Crippen LogP contribution in [-0.4, -0.2) is 11.6 Å². The third-order valence-corrected chi connectivity index (χ3v) is 4.90. The molecule has 4 heteroatoms. The molecule has 0 fully saturated rings. The van der Waals surface area contributed by atoms with Crippen molar-refractivity contribution in [1.82, 2.24) is 0 Å². The van der Waals surface area contributed by atoms with Crippen LogP contribution in [0, 0.1) is 0 Å². The second kappa shape index (κ2) is 19.7. The molecular formula is C24H48O4. The fourth-order valence-electron chi connectivity index (χ4n) is 3.19. The van der Waals surface area contributed by atoms with Crippen molar-refractivity contribution in [3.63, 3.8) is 0 Å². The summed E-state index contributed by atoms with van der Waals surface area (Å²) >= 11 is 0. The van der Waals surface area contributed by atoms with E-state index in [1.165, 1.54) is 96.3 Å². The largest absolute Gasteiger partial charge is 0.345 e. The highest BCUT2D eigenvalue weighted by atomic mass is 17.5. The van der Waals surface area contributed by atoms with Crippen molar-refractivity contribution in [2.24, 2.45) is 0 Å². The lowest BCUT2D eigenvalue weighted by atomic mass is 10.0. The molecule has 0 amide bonds. The van der Waals surface area contributed by atoms with Crippen LogP contribution in [0.3, 0.4) is 0 Å². The fourth-order valence-corrected chi connectivity index (χ4v) is 3.19. The van der Waals surface area contributed by atoms with Crippen LogP contribution in [0.2, 0.25) is 0 Å². The van der Waals surface area contributed by atoms with E-state index < -0.39 is 5.60 Å². The smallest absolute Gasteiger partial charge is 0.269 e. The summed E-state index contributed by atoms with van der Waals surface area (Å²) in [7, 11) is 0. The third-order valence-electron chi connectivity index (χ3n) is 4.90. The van der Waals surface area contributed by atoms with Gasteiger partial charge in [0.2, 0.25) is 0 Å². The fraction of sp³-hybridized carbons (Fsp3) is 0.958. The first kappa shape index (κ1) is 27.4. The molecule has 0 bridgehead atoms. The highest BCUT2D eigenvalue weighted by Gasteiger charge is 2.13. The molecule has 0 atom stereocenters. The first-order valence-corrected chi connectivity index (χ1v) is 12.0. The maximum absolute atomic E-state index is 11.5. The normalized spacial score (nSPS) is 11.7. The lowest BCUT2D eigenvalue weighted by Gasteiger charge is -2.15. The Labute approximate surface area is 174 Å². The minimum absolute atomic E-state index is 0.356. The monoisotopic (exact) mass is 400 g/mol. The van der Waals surface area contributed by atoms with Crippen LogP contribution < -0.4 is 0 Å². The molecule has 0 radical (unpaired) electrons. The Balaban J connectivity index is 3.15. The number of rotatable bonds is 20. The number of unbranched alkanes of at least 4 members (excludes halogenated alkanes) is 16. The minimum atomic E-state index is -0.478. The van der Waals surface area contributed by atoms with E-state index in [1.54, 1.807) is 0 Å². The molecule has 0 spiro atoms. The van der Waals surface area contributed by atoms with Crippen LogP contribution in [0.25, 0.3) is 0 Å². The van der Waals surface area contributed by atoms with E-state index in [2.05, 4.69) is 16.8 Å². The van der Waals surface area contributed by atoms with Gasteiger partial charge in [-0.25, -0.2) is 4.79 Å². The highest BCUT2D eigenvalue weighted by Crippen LogP contribution is 2.14. The zero-order valence-electron chi connectivity index (χ0n) is 19.4. The lowest BCUT2D eigenvalue weighted by Crippen LogP contribution is -2.20. The van der Waals surface area contributed by atoms with E-state index in [1.807, 2.05) is 20.8 Å². The van der Waals surface area contributed by atoms with Crippen LogP contribution in [0.5, 0.6) is 0 Å². The summed E-state index contributed by atoms with van der Waals surface area (Å²) < 4.78 is 0. The maximum atomic E-state index is 11.5. The van der Waals surface area contributed by atoms with Gasteiger partial charge in [-0.3, -0.25) is 4.89 Å². The number of hydrogen-bond acceptors (Lipinski definition) is 4. The molecule has 168 valence electrons. The molecule has 0 heterocycles. The predicted octanol–water partition coefficient (Wildman–Crippen LogP) is 8.23. The Bertz CT molecular complexity index is 336. The summed E-state index contributed by atoms with van der Waals surface area (Å²) in [6, 6.07) is 0. The van der Waals surface area contributed by atoms with E-state index in [9.17, 15) is 4.79 Å². The molecule has 4 nitrogen and oxygen atoms in total. The average Bonchev–Trinajstić information content (AvgIpc) is 2.63. The molecule has 28 heavy (non-hydrogen) atoms. The minimum Gasteiger partial charge on any atom is -0.269 e. The van der Waals surface area contributed by atoms with Crippen molar-refractivity contribution in [3.8, 4) is 0 Å². The Hall–Kier alpha value is -0.610. The van der Waals surface area contributed by atoms with Gasteiger partial charge in [0.05, 0.1) is 5.60 Å². The molecule has 0 N–H and O–H groups in total. The lowest BCUT2D eigenvalue weighted by molar-refractivity contribution is -0.514. The molecule has 0 unspecified atom stereocenters. The Kier molecular flexibility index (Phi) is 19.3. The van der Waals surface area contributed by atoms with Gasteiger partial charge in [-0.15, -0.1) is 0 Å². The van der Waals surface area contributed by atoms with Gasteiger partial charge in [0.15, 0.2) is 0 Å². The summed E-state index contributed by atoms with van der Waals surface area (Å²) in [5, 5.41) is 4.49. The van der Waals surface area contributed by atoms with Gasteiger partial charge in [-0.1, -0.05) is 110 Å². The van der Waals surface area contributed by atoms with Gasteiger partial charge in [-0.05, 0) is 32.2 Å². The molecule has 0 aliphatic heterocycles. The van der Waals surface area contributed by atoms with E-state index in [-0.39, 0.29) is 5.97 Å². The van der Waals surface area contributed by atoms with Crippen LogP contribution >= 0.6 is 0 Å². The molecule has 0 aromatic carbocycles. The topological polar surface area (TPSA) is 44.8 Å². The second-order valence-electron chi connectivity index (χ2n) is 9.13. The van der Waals surface area contributed by atoms with Gasteiger partial charge in [0.1, 0.15) is 0 Å². The average molecular weight is 401 g/mol. The van der Waals surface area contributed by atoms with Crippen molar-refractivity contribution in [1.29, 1.82) is 0 Å². The van der Waals surface area contributed by atoms with Crippen LogP contribution in [0.4, 0.5) is 0 Å². The van der Waals surface area contributed by atoms with Crippen molar-refractivity contribution >= 4 is 5.97 Å². The van der Waals surface area contributed by atoms with Crippen LogP contribution in [0.1, 0.15) is 143 Å². The molecular weight excluding hydrogens is 352 g/mol. The Morgan fingerprint density at radius 1 is 0.607 bits per heavy atom. The number of carbonyl (C=O) groups excluding carboxylic acids is 1. The summed E-state index contributed by atoms with van der Waals surface area (Å²) in [4.78, 5) is 20.9. The molecule has 0 aromatic rings. The Morgan fingerprint density at radius 2 is 0.964 bits per heavy atom. The van der Waals surface area contributed by atoms with E-state index in [0.29, 0.717) is 6.42 Å². The van der Waals surface area contributed by atoms with Crippen molar-refractivity contribution in [2.45, 2.75) is 149 Å². The first-order chi connectivity index (χ1) is 13.5. The second-order valence-corrected chi connectivity index (χ2v) is 9.13. The zero-order valence-corrected chi connectivity index (χ0v) is 19.4. The van der Waals surface area contributed by atoms with E-state index in [4.69, 9.17) is 4.89 Å². The molecule has 0 saturated carbocycles. The summed E-state index contributed by atoms with van der Waals surface area (Å²) in [6.45, 7) is 7.77. The standard InChI is InChI=1S/C24H48O4/c1-5-6-7-8-9-10-11-12-13-14-15-16-17-18-19-20-21-22-23(25)26-28-27-24(2,3)4/h5-22H2,1-4H3. The molecule has 0 aliphatic carbocycles. The van der Waals surface area contributed by atoms with Gasteiger partial charge >= 0.3 is 5.97 Å². The van der Waals surface area contributed by atoms with E-state index in [0.717, 1.165) is 12.8 Å². The van der Waals surface area contributed by atoms with Crippen molar-refractivity contribution in [2.75, 3.05) is 0 Å². The summed E-state index contributed by atoms with van der Waals surface area (Å²) in [5.74, 6) is -0.356. The third kappa shape index (κ3) is 23.4. The zero-order chi connectivity index (χ0) is 20.9. The van der Waals surface area contributed by atoms with Gasteiger partial charge in [-0.2, -0.15) is 4.89 Å². The summed E-state index contributed by atoms with van der Waals surface area (Å²) in [6.07, 6.45) is 23.0. The molecule has 0 aromatic heterocycles. The van der Waals surface area contributed by atoms with Crippen LogP contribution in [-0.2, 0) is 19.6 Å². The molecule has 0 saturated heterocycles. The van der Waals surface area contributed by atoms with Gasteiger partial charge in [0.25, 0.3) is 0 Å². The predicted molar refractivity (Wildman–Crippen MR) is 117 cm³/mol. The van der Waals surface area contributed by atoms with Crippen molar-refractivity contribution < 1.29 is 19.6 Å². The van der Waals surface area contributed by atoms with Crippen molar-refractivity contribution in [3.05, 3.63) is 0 Å². The van der Waals surface area contributed by atoms with Crippen LogP contribution in [0.15, 0.2) is 0 Å². The summed E-state index contributed by atoms with van der Waals surface area (Å²) in [5.41, 5.74) is -0.478. The molecule has 0 aliphatic rings. The van der Waals surface area contributed by atoms with Gasteiger partial charge < -0.3 is 0 Å². The quantitative estimate of drug-likeness (QED) is 0.117. The maximum Gasteiger partial charge on any atom is 0.345 e. The van der Waals surface area contributed by atoms with E-state index >= 15 is 0 Å².